The third-order valence-electron chi connectivity index (χ3n) is 4.76. The summed E-state index contributed by atoms with van der Waals surface area (Å²) < 4.78 is 1.97. The molecule has 2 aromatic heterocycles. The number of aryl methyl sites for hydroxylation is 1. The van der Waals surface area contributed by atoms with Gasteiger partial charge in [-0.3, -0.25) is 0 Å². The molecule has 0 radical (unpaired) electrons. The van der Waals surface area contributed by atoms with Gasteiger partial charge in [-0.15, -0.1) is 0 Å². The first kappa shape index (κ1) is 14.0. The lowest BCUT2D eigenvalue weighted by atomic mass is 10.1. The van der Waals surface area contributed by atoms with E-state index in [2.05, 4.69) is 27.3 Å². The highest BCUT2D eigenvalue weighted by atomic mass is 16.3. The van der Waals surface area contributed by atoms with Crippen LogP contribution in [0.15, 0.2) is 12.1 Å². The zero-order valence-electron chi connectivity index (χ0n) is 13.0. The van der Waals surface area contributed by atoms with Crippen molar-refractivity contribution in [2.45, 2.75) is 44.8 Å². The molecule has 0 spiro atoms. The van der Waals surface area contributed by atoms with Crippen molar-refractivity contribution in [1.29, 1.82) is 0 Å². The van der Waals surface area contributed by atoms with E-state index in [1.165, 1.54) is 6.42 Å². The highest BCUT2D eigenvalue weighted by molar-refractivity contribution is 5.52. The van der Waals surface area contributed by atoms with Crippen LogP contribution in [0.25, 0.3) is 5.65 Å². The molecule has 0 amide bonds. The second-order valence-corrected chi connectivity index (χ2v) is 6.46. The van der Waals surface area contributed by atoms with Gasteiger partial charge in [0.05, 0.1) is 17.8 Å². The van der Waals surface area contributed by atoms with Crippen LogP contribution in [0.3, 0.4) is 0 Å². The molecule has 2 saturated heterocycles. The van der Waals surface area contributed by atoms with Crippen molar-refractivity contribution >= 4 is 11.5 Å². The fraction of sp³-hybridized carbons (Fsp3) is 0.625. The van der Waals surface area contributed by atoms with E-state index in [1.807, 2.05) is 11.4 Å². The lowest BCUT2D eigenvalue weighted by molar-refractivity contribution is 0.145. The van der Waals surface area contributed by atoms with Crippen molar-refractivity contribution in [2.75, 3.05) is 24.5 Å². The fourth-order valence-electron chi connectivity index (χ4n) is 3.53. The predicted molar refractivity (Wildman–Crippen MR) is 85.2 cm³/mol. The number of nitrogens with one attached hydrogen (secondary N) is 1. The second kappa shape index (κ2) is 5.52. The minimum absolute atomic E-state index is 0.162. The monoisotopic (exact) mass is 301 g/mol. The zero-order chi connectivity index (χ0) is 15.1. The molecule has 0 aliphatic carbocycles. The second-order valence-electron chi connectivity index (χ2n) is 6.46. The summed E-state index contributed by atoms with van der Waals surface area (Å²) in [5, 5.41) is 18.0. The molecule has 0 bridgehead atoms. The molecular weight excluding hydrogens is 278 g/mol. The summed E-state index contributed by atoms with van der Waals surface area (Å²) in [6.45, 7) is 4.85. The van der Waals surface area contributed by atoms with E-state index < -0.39 is 0 Å². The van der Waals surface area contributed by atoms with Gasteiger partial charge in [0, 0.05) is 30.9 Å². The Balaban J connectivity index is 1.73. The molecule has 2 fully saturated rings. The number of aliphatic hydroxyl groups excluding tert-OH is 1. The maximum absolute atomic E-state index is 9.72. The van der Waals surface area contributed by atoms with Gasteiger partial charge in [-0.05, 0) is 39.2 Å². The zero-order valence-corrected chi connectivity index (χ0v) is 13.0. The molecule has 0 saturated carbocycles. The van der Waals surface area contributed by atoms with Crippen molar-refractivity contribution in [3.05, 3.63) is 23.5 Å². The van der Waals surface area contributed by atoms with E-state index in [1.54, 1.807) is 0 Å². The number of nitrogens with zero attached hydrogens (tertiary/aromatic N) is 4. The van der Waals surface area contributed by atoms with Gasteiger partial charge in [0.15, 0.2) is 5.65 Å². The Morgan fingerprint density at radius 2 is 2.05 bits per heavy atom. The van der Waals surface area contributed by atoms with Gasteiger partial charge in [0.1, 0.15) is 5.82 Å². The highest BCUT2D eigenvalue weighted by Crippen LogP contribution is 2.26. The maximum atomic E-state index is 9.72. The Hall–Kier alpha value is -1.66. The first-order chi connectivity index (χ1) is 10.7. The van der Waals surface area contributed by atoms with Gasteiger partial charge in [0.25, 0.3) is 0 Å². The Bertz CT molecular complexity index is 668. The molecule has 118 valence electrons. The lowest BCUT2D eigenvalue weighted by Gasteiger charge is -2.31. The van der Waals surface area contributed by atoms with Crippen molar-refractivity contribution in [1.82, 2.24) is 19.9 Å². The van der Waals surface area contributed by atoms with E-state index in [-0.39, 0.29) is 6.10 Å². The average molecular weight is 301 g/mol. The molecule has 1 atom stereocenters. The number of hydrogen-bond acceptors (Lipinski definition) is 5. The van der Waals surface area contributed by atoms with Gasteiger partial charge in [-0.1, -0.05) is 0 Å². The van der Waals surface area contributed by atoms with Gasteiger partial charge in [-0.25, -0.2) is 4.98 Å². The minimum atomic E-state index is -0.162. The normalized spacial score (nSPS) is 23.5. The number of aliphatic hydroxyl groups is 1. The molecule has 0 aromatic carbocycles. The molecule has 2 aliphatic rings. The number of rotatable bonds is 2. The standard InChI is InChI=1S/C16H23N5O/c1-11-9-16(20-7-4-12(22)5-8-20)21-15(18-11)10-14(19-21)13-3-2-6-17-13/h9-10,12-13,17,22H,2-8H2,1H3. The molecule has 22 heavy (non-hydrogen) atoms. The molecular formula is C16H23N5O. The lowest BCUT2D eigenvalue weighted by Crippen LogP contribution is -2.37. The maximum Gasteiger partial charge on any atom is 0.157 e. The Labute approximate surface area is 130 Å². The predicted octanol–water partition coefficient (Wildman–Crippen LogP) is 1.42. The van der Waals surface area contributed by atoms with Gasteiger partial charge in [0.2, 0.25) is 0 Å². The van der Waals surface area contributed by atoms with Crippen LogP contribution < -0.4 is 10.2 Å². The summed E-state index contributed by atoms with van der Waals surface area (Å²) in [7, 11) is 0. The third-order valence-corrected chi connectivity index (χ3v) is 4.76. The van der Waals surface area contributed by atoms with Crippen molar-refractivity contribution < 1.29 is 5.11 Å². The Kier molecular flexibility index (Phi) is 3.50. The minimum Gasteiger partial charge on any atom is -0.393 e. The summed E-state index contributed by atoms with van der Waals surface area (Å²) in [6.07, 6.45) is 3.84. The van der Waals surface area contributed by atoms with Gasteiger partial charge >= 0.3 is 0 Å². The SMILES string of the molecule is Cc1cc(N2CCC(O)CC2)n2nc(C3CCCN3)cc2n1. The molecule has 4 heterocycles. The van der Waals surface area contributed by atoms with Crippen LogP contribution >= 0.6 is 0 Å². The van der Waals surface area contributed by atoms with Crippen LogP contribution in [0.5, 0.6) is 0 Å². The van der Waals surface area contributed by atoms with Gasteiger partial charge in [-0.2, -0.15) is 9.61 Å². The first-order valence-electron chi connectivity index (χ1n) is 8.24. The Morgan fingerprint density at radius 3 is 2.77 bits per heavy atom. The summed E-state index contributed by atoms with van der Waals surface area (Å²) in [5.41, 5.74) is 3.03. The average Bonchev–Trinajstić information content (AvgIpc) is 3.15. The number of aromatic nitrogens is 3. The molecule has 6 nitrogen and oxygen atoms in total. The van der Waals surface area contributed by atoms with Crippen molar-refractivity contribution in [3.8, 4) is 0 Å². The number of anilines is 1. The number of fused-ring (bicyclic) bond motifs is 1. The van der Waals surface area contributed by atoms with Crippen LogP contribution in [-0.4, -0.2) is 45.4 Å². The fourth-order valence-corrected chi connectivity index (χ4v) is 3.53. The molecule has 2 aromatic rings. The van der Waals surface area contributed by atoms with Crippen LogP contribution in [0.4, 0.5) is 5.82 Å². The van der Waals surface area contributed by atoms with Crippen LogP contribution in [0.1, 0.15) is 43.1 Å². The van der Waals surface area contributed by atoms with Crippen LogP contribution in [-0.2, 0) is 0 Å². The highest BCUT2D eigenvalue weighted by Gasteiger charge is 2.23. The van der Waals surface area contributed by atoms with E-state index in [0.29, 0.717) is 6.04 Å². The van der Waals surface area contributed by atoms with Crippen LogP contribution in [0, 0.1) is 6.92 Å². The third kappa shape index (κ3) is 2.46. The molecule has 2 aliphatic heterocycles. The van der Waals surface area contributed by atoms with Crippen molar-refractivity contribution in [3.63, 3.8) is 0 Å². The molecule has 1 unspecified atom stereocenters. The van der Waals surface area contributed by atoms with Crippen molar-refractivity contribution in [2.24, 2.45) is 0 Å². The molecule has 4 rings (SSSR count). The number of piperidine rings is 1. The summed E-state index contributed by atoms with van der Waals surface area (Å²) in [6, 6.07) is 4.57. The Morgan fingerprint density at radius 1 is 1.23 bits per heavy atom. The van der Waals surface area contributed by atoms with Gasteiger partial charge < -0.3 is 15.3 Å². The number of hydrogen-bond donors (Lipinski definition) is 2. The summed E-state index contributed by atoms with van der Waals surface area (Å²) >= 11 is 0. The van der Waals surface area contributed by atoms with Crippen LogP contribution in [0.2, 0.25) is 0 Å². The summed E-state index contributed by atoms with van der Waals surface area (Å²) in [4.78, 5) is 6.95. The van der Waals surface area contributed by atoms with E-state index in [4.69, 9.17) is 5.10 Å². The largest absolute Gasteiger partial charge is 0.393 e. The topological polar surface area (TPSA) is 65.7 Å². The van der Waals surface area contributed by atoms with E-state index in [0.717, 1.165) is 61.7 Å². The quantitative estimate of drug-likeness (QED) is 0.878. The molecule has 2 N–H and O–H groups in total. The first-order valence-corrected chi connectivity index (χ1v) is 8.24. The van der Waals surface area contributed by atoms with E-state index in [9.17, 15) is 5.11 Å². The van der Waals surface area contributed by atoms with E-state index >= 15 is 0 Å². The summed E-state index contributed by atoms with van der Waals surface area (Å²) in [5.74, 6) is 1.10. The molecule has 6 heteroatoms. The smallest absolute Gasteiger partial charge is 0.157 e.